The molecule has 0 bridgehead atoms. The zero-order chi connectivity index (χ0) is 23.1. The number of Topliss-reactive ketones (excluding diaryl/α,β-unsaturated/α-hetero) is 1. The number of carbonyl (C=O) groups excluding carboxylic acids is 1. The van der Waals surface area contributed by atoms with Crippen LogP contribution < -0.4 is 15.9 Å². The number of benzene rings is 4. The first-order valence-electron chi connectivity index (χ1n) is 11.1. The molecule has 0 unspecified atom stereocenters. The van der Waals surface area contributed by atoms with E-state index in [-0.39, 0.29) is 5.78 Å². The molecular formula is C30H26NOP. The molecule has 33 heavy (non-hydrogen) atoms. The van der Waals surface area contributed by atoms with E-state index in [1.807, 2.05) is 66.7 Å². The summed E-state index contributed by atoms with van der Waals surface area (Å²) in [5.74, 6) is -0.0781. The normalized spacial score (nSPS) is 10.9. The summed E-state index contributed by atoms with van der Waals surface area (Å²) in [5, 5.41) is 13.9. The third-order valence-corrected chi connectivity index (χ3v) is 10.3. The summed E-state index contributed by atoms with van der Waals surface area (Å²) in [5.41, 5.74) is 2.31. The van der Waals surface area contributed by atoms with Crippen molar-refractivity contribution in [2.45, 2.75) is 19.8 Å². The largest absolute Gasteiger partial charge is 0.293 e. The molecule has 162 valence electrons. The highest BCUT2D eigenvalue weighted by molar-refractivity contribution is 7.96. The molecule has 0 saturated carbocycles. The van der Waals surface area contributed by atoms with Gasteiger partial charge in [-0.1, -0.05) is 115 Å². The number of aryl methyl sites for hydroxylation is 2. The molecule has 0 atom stereocenters. The number of nitrogens with zero attached hydrogens (tertiary/aromatic N) is 1. The van der Waals surface area contributed by atoms with Crippen molar-refractivity contribution < 1.29 is 4.79 Å². The van der Waals surface area contributed by atoms with Crippen LogP contribution in [0, 0.1) is 18.3 Å². The SMILES string of the molecule is Cc1ccccc1CCC(=O)C(C#N)=P(c1ccccc1)(c1ccccc1)c1ccccc1. The number of carbonyl (C=O) groups is 1. The summed E-state index contributed by atoms with van der Waals surface area (Å²) >= 11 is 0. The highest BCUT2D eigenvalue weighted by Gasteiger charge is 2.33. The Balaban J connectivity index is 1.98. The van der Waals surface area contributed by atoms with E-state index >= 15 is 0 Å². The van der Waals surface area contributed by atoms with Crippen LogP contribution in [0.1, 0.15) is 17.5 Å². The van der Waals surface area contributed by atoms with Gasteiger partial charge in [0.25, 0.3) is 0 Å². The number of hydrogen-bond donors (Lipinski definition) is 0. The Labute approximate surface area is 196 Å². The molecule has 4 aromatic rings. The predicted octanol–water partition coefficient (Wildman–Crippen LogP) is 5.19. The summed E-state index contributed by atoms with van der Waals surface area (Å²) in [7, 11) is 0. The first-order valence-corrected chi connectivity index (χ1v) is 12.9. The van der Waals surface area contributed by atoms with Gasteiger partial charge in [-0.25, -0.2) is 0 Å². The van der Waals surface area contributed by atoms with E-state index in [1.165, 1.54) is 5.56 Å². The summed E-state index contributed by atoms with van der Waals surface area (Å²) in [6.07, 6.45) is 0.928. The van der Waals surface area contributed by atoms with E-state index in [9.17, 15) is 10.1 Å². The maximum atomic E-state index is 13.8. The molecule has 0 amide bonds. The molecular weight excluding hydrogens is 421 g/mol. The lowest BCUT2D eigenvalue weighted by atomic mass is 10.0. The Kier molecular flexibility index (Phi) is 7.04. The lowest BCUT2D eigenvalue weighted by Gasteiger charge is -2.30. The first-order chi connectivity index (χ1) is 16.2. The van der Waals surface area contributed by atoms with Crippen LogP contribution in [0.3, 0.4) is 0 Å². The van der Waals surface area contributed by atoms with Gasteiger partial charge in [0.15, 0.2) is 5.78 Å². The van der Waals surface area contributed by atoms with Gasteiger partial charge in [0.05, 0.1) is 0 Å². The molecule has 3 heteroatoms. The molecule has 0 N–H and O–H groups in total. The number of nitriles is 1. The number of ketones is 1. The molecule has 0 spiro atoms. The van der Waals surface area contributed by atoms with Crippen molar-refractivity contribution >= 4 is 33.9 Å². The van der Waals surface area contributed by atoms with E-state index in [0.717, 1.165) is 21.5 Å². The summed E-state index contributed by atoms with van der Waals surface area (Å²) in [6, 6.07) is 40.7. The minimum Gasteiger partial charge on any atom is -0.293 e. The van der Waals surface area contributed by atoms with Crippen molar-refractivity contribution in [3.8, 4) is 6.07 Å². The van der Waals surface area contributed by atoms with Crippen molar-refractivity contribution in [1.29, 1.82) is 5.26 Å². The van der Waals surface area contributed by atoms with Gasteiger partial charge in [-0.2, -0.15) is 5.26 Å². The fourth-order valence-electron chi connectivity index (χ4n) is 4.37. The molecule has 0 aliphatic heterocycles. The second-order valence-corrected chi connectivity index (χ2v) is 11.3. The lowest BCUT2D eigenvalue weighted by molar-refractivity contribution is -0.112. The first kappa shape index (κ1) is 22.5. The average Bonchev–Trinajstić information content (AvgIpc) is 2.88. The van der Waals surface area contributed by atoms with Crippen LogP contribution in [0.2, 0.25) is 0 Å². The number of rotatable bonds is 7. The van der Waals surface area contributed by atoms with Gasteiger partial charge in [0.1, 0.15) is 11.4 Å². The van der Waals surface area contributed by atoms with E-state index < -0.39 is 6.89 Å². The topological polar surface area (TPSA) is 40.9 Å². The zero-order valence-electron chi connectivity index (χ0n) is 18.7. The van der Waals surface area contributed by atoms with E-state index in [2.05, 4.69) is 61.5 Å². The van der Waals surface area contributed by atoms with Gasteiger partial charge < -0.3 is 0 Å². The van der Waals surface area contributed by atoms with Gasteiger partial charge in [-0.05, 0) is 47.3 Å². The fourth-order valence-corrected chi connectivity index (χ4v) is 8.53. The summed E-state index contributed by atoms with van der Waals surface area (Å²) < 4.78 is 0. The third kappa shape index (κ3) is 4.47. The molecule has 0 heterocycles. The molecule has 0 saturated heterocycles. The molecule has 0 aliphatic carbocycles. The second-order valence-electron chi connectivity index (χ2n) is 7.99. The lowest BCUT2D eigenvalue weighted by Crippen LogP contribution is -2.33. The number of hydrogen-bond acceptors (Lipinski definition) is 2. The quantitative estimate of drug-likeness (QED) is 0.366. The van der Waals surface area contributed by atoms with Crippen molar-refractivity contribution in [2.75, 3.05) is 0 Å². The van der Waals surface area contributed by atoms with Crippen molar-refractivity contribution in [1.82, 2.24) is 0 Å². The molecule has 0 aromatic heterocycles. The maximum Gasteiger partial charge on any atom is 0.174 e. The summed E-state index contributed by atoms with van der Waals surface area (Å²) in [4.78, 5) is 13.8. The highest BCUT2D eigenvalue weighted by atomic mass is 31.2. The Hall–Kier alpha value is -3.66. The van der Waals surface area contributed by atoms with Gasteiger partial charge in [-0.3, -0.25) is 4.79 Å². The van der Waals surface area contributed by atoms with E-state index in [1.54, 1.807) is 0 Å². The van der Waals surface area contributed by atoms with Crippen LogP contribution in [0.5, 0.6) is 0 Å². The van der Waals surface area contributed by atoms with Crippen molar-refractivity contribution in [2.24, 2.45) is 0 Å². The van der Waals surface area contributed by atoms with Crippen LogP contribution in [0.4, 0.5) is 0 Å². The van der Waals surface area contributed by atoms with Crippen molar-refractivity contribution in [3.63, 3.8) is 0 Å². The Morgan fingerprint density at radius 3 is 1.55 bits per heavy atom. The van der Waals surface area contributed by atoms with Crippen LogP contribution in [0.25, 0.3) is 0 Å². The van der Waals surface area contributed by atoms with Crippen LogP contribution in [0.15, 0.2) is 115 Å². The molecule has 4 rings (SSSR count). The maximum absolute atomic E-state index is 13.8. The highest BCUT2D eigenvalue weighted by Crippen LogP contribution is 2.46. The molecule has 0 aliphatic rings. The van der Waals surface area contributed by atoms with Crippen LogP contribution >= 0.6 is 6.89 Å². The predicted molar refractivity (Wildman–Crippen MR) is 140 cm³/mol. The molecule has 0 fully saturated rings. The molecule has 2 nitrogen and oxygen atoms in total. The molecule has 0 radical (unpaired) electrons. The zero-order valence-corrected chi connectivity index (χ0v) is 19.6. The second kappa shape index (κ2) is 10.3. The fraction of sp³-hybridized carbons (Fsp3) is 0.100. The Morgan fingerprint density at radius 1 is 0.697 bits per heavy atom. The minimum atomic E-state index is -2.65. The Bertz CT molecular complexity index is 1230. The smallest absolute Gasteiger partial charge is 0.174 e. The van der Waals surface area contributed by atoms with Crippen molar-refractivity contribution in [3.05, 3.63) is 126 Å². The summed E-state index contributed by atoms with van der Waals surface area (Å²) in [6.45, 7) is -0.587. The third-order valence-electron chi connectivity index (χ3n) is 6.02. The van der Waals surface area contributed by atoms with Gasteiger partial charge >= 0.3 is 0 Å². The standard InChI is InChI=1S/C30H26NOP/c1-24-13-11-12-14-25(24)21-22-29(32)30(23-31)33(26-15-5-2-6-16-26,27-17-7-3-8-18-27)28-19-9-4-10-20-28/h2-20H,21-22H2,1H3. The average molecular weight is 448 g/mol. The van der Waals surface area contributed by atoms with Gasteiger partial charge in [-0.15, -0.1) is 0 Å². The monoisotopic (exact) mass is 447 g/mol. The Morgan fingerprint density at radius 2 is 1.12 bits per heavy atom. The van der Waals surface area contributed by atoms with Gasteiger partial charge in [0, 0.05) is 6.42 Å². The molecule has 4 aromatic carbocycles. The van der Waals surface area contributed by atoms with Crippen LogP contribution in [-0.4, -0.2) is 11.1 Å². The van der Waals surface area contributed by atoms with E-state index in [0.29, 0.717) is 18.1 Å². The van der Waals surface area contributed by atoms with E-state index in [4.69, 9.17) is 0 Å². The van der Waals surface area contributed by atoms with Gasteiger partial charge in [0.2, 0.25) is 0 Å². The minimum absolute atomic E-state index is 0.0781. The van der Waals surface area contributed by atoms with Crippen LogP contribution in [-0.2, 0) is 11.2 Å².